The van der Waals surface area contributed by atoms with Crippen LogP contribution in [0.4, 0.5) is 5.69 Å². The van der Waals surface area contributed by atoms with Gasteiger partial charge in [0.05, 0.1) is 17.0 Å². The topological polar surface area (TPSA) is 118 Å². The zero-order chi connectivity index (χ0) is 21.6. The van der Waals surface area contributed by atoms with E-state index >= 15 is 0 Å². The van der Waals surface area contributed by atoms with Crippen LogP contribution < -0.4 is 16.3 Å². The quantitative estimate of drug-likeness (QED) is 0.773. The number of hydrogen-bond donors (Lipinski definition) is 2. The van der Waals surface area contributed by atoms with Gasteiger partial charge in [-0.25, -0.2) is 0 Å². The summed E-state index contributed by atoms with van der Waals surface area (Å²) in [6.45, 7) is 7.09. The normalized spacial score (nSPS) is 15.2. The largest absolute Gasteiger partial charge is 0.494 e. The van der Waals surface area contributed by atoms with Crippen molar-refractivity contribution in [1.29, 1.82) is 0 Å². The fourth-order valence-corrected chi connectivity index (χ4v) is 3.23. The summed E-state index contributed by atoms with van der Waals surface area (Å²) in [5.74, 6) is -1.77. The minimum Gasteiger partial charge on any atom is -0.494 e. The molecule has 0 saturated heterocycles. The Hall–Kier alpha value is -3.68. The molecule has 2 aromatic rings. The van der Waals surface area contributed by atoms with E-state index in [2.05, 4.69) is 5.10 Å². The molecule has 0 radical (unpaired) electrons. The lowest BCUT2D eigenvalue weighted by atomic mass is 10.0. The molecule has 0 bridgehead atoms. The standard InChI is InChI=1S/C21H22N4O4/c1-10-6-7-14(8-11(10)2)25-20(28)16(13(4)23-25)9-15-12(3)17(18(22)26)21(29)24(5)19(15)27/h6-9,29H,1-5H3,(H2,22,26)/b16-9+. The molecule has 0 saturated carbocycles. The summed E-state index contributed by atoms with van der Waals surface area (Å²) < 4.78 is 0.923. The Bertz CT molecular complexity index is 1190. The summed E-state index contributed by atoms with van der Waals surface area (Å²) in [5.41, 5.74) is 8.34. The van der Waals surface area contributed by atoms with E-state index in [1.165, 1.54) is 25.1 Å². The van der Waals surface area contributed by atoms with E-state index in [9.17, 15) is 19.5 Å². The van der Waals surface area contributed by atoms with Crippen molar-refractivity contribution < 1.29 is 14.7 Å². The van der Waals surface area contributed by atoms with Gasteiger partial charge in [0, 0.05) is 12.6 Å². The molecule has 3 N–H and O–H groups in total. The lowest BCUT2D eigenvalue weighted by Crippen LogP contribution is -2.27. The maximum absolute atomic E-state index is 13.0. The molecule has 2 heterocycles. The van der Waals surface area contributed by atoms with Crippen LogP contribution in [0.2, 0.25) is 0 Å². The number of amides is 2. The average Bonchev–Trinajstić information content (AvgIpc) is 2.93. The van der Waals surface area contributed by atoms with Crippen LogP contribution in [0.15, 0.2) is 33.7 Å². The molecule has 0 fully saturated rings. The highest BCUT2D eigenvalue weighted by Crippen LogP contribution is 2.28. The minimum absolute atomic E-state index is 0.0962. The summed E-state index contributed by atoms with van der Waals surface area (Å²) >= 11 is 0. The molecule has 2 amide bonds. The maximum Gasteiger partial charge on any atom is 0.280 e. The highest BCUT2D eigenvalue weighted by atomic mass is 16.3. The van der Waals surface area contributed by atoms with Gasteiger partial charge in [0.25, 0.3) is 17.4 Å². The molecule has 29 heavy (non-hydrogen) atoms. The second-order valence-corrected chi connectivity index (χ2v) is 7.09. The number of hydrogen-bond acceptors (Lipinski definition) is 5. The second-order valence-electron chi connectivity index (χ2n) is 7.09. The number of nitrogens with two attached hydrogens (primary N) is 1. The number of nitrogens with zero attached hydrogens (tertiary/aromatic N) is 3. The van der Waals surface area contributed by atoms with Crippen molar-refractivity contribution in [2.75, 3.05) is 5.01 Å². The number of carbonyl (C=O) groups excluding carboxylic acids is 2. The van der Waals surface area contributed by atoms with E-state index in [0.717, 1.165) is 15.7 Å². The number of hydrazone groups is 1. The molecule has 3 rings (SSSR count). The van der Waals surface area contributed by atoms with Gasteiger partial charge in [-0.1, -0.05) is 6.07 Å². The Morgan fingerprint density at radius 3 is 2.38 bits per heavy atom. The van der Waals surface area contributed by atoms with Crippen LogP contribution in [-0.4, -0.2) is 27.2 Å². The molecule has 0 spiro atoms. The lowest BCUT2D eigenvalue weighted by molar-refractivity contribution is -0.114. The van der Waals surface area contributed by atoms with Gasteiger partial charge in [-0.05, 0) is 62.6 Å². The van der Waals surface area contributed by atoms with E-state index in [0.29, 0.717) is 11.4 Å². The van der Waals surface area contributed by atoms with E-state index in [4.69, 9.17) is 5.73 Å². The van der Waals surface area contributed by atoms with Crippen molar-refractivity contribution >= 4 is 29.3 Å². The summed E-state index contributed by atoms with van der Waals surface area (Å²) in [6.07, 6.45) is 1.39. The number of anilines is 1. The third-order valence-corrected chi connectivity index (χ3v) is 5.19. The maximum atomic E-state index is 13.0. The van der Waals surface area contributed by atoms with Gasteiger partial charge in [0.2, 0.25) is 5.88 Å². The predicted octanol–water partition coefficient (Wildman–Crippen LogP) is 1.92. The van der Waals surface area contributed by atoms with Gasteiger partial charge in [-0.3, -0.25) is 19.0 Å². The van der Waals surface area contributed by atoms with Crippen LogP contribution in [0.25, 0.3) is 6.08 Å². The molecule has 0 aliphatic carbocycles. The molecule has 8 heteroatoms. The first kappa shape index (κ1) is 20.1. The number of aryl methyl sites for hydroxylation is 2. The van der Waals surface area contributed by atoms with Crippen LogP contribution in [0.5, 0.6) is 5.88 Å². The summed E-state index contributed by atoms with van der Waals surface area (Å²) in [6, 6.07) is 5.57. The molecule has 0 unspecified atom stereocenters. The van der Waals surface area contributed by atoms with E-state index < -0.39 is 17.3 Å². The Morgan fingerprint density at radius 2 is 1.79 bits per heavy atom. The van der Waals surface area contributed by atoms with Crippen LogP contribution >= 0.6 is 0 Å². The highest BCUT2D eigenvalue weighted by molar-refractivity contribution is 6.32. The first-order valence-electron chi connectivity index (χ1n) is 8.96. The van der Waals surface area contributed by atoms with Gasteiger partial charge in [-0.15, -0.1) is 0 Å². The first-order chi connectivity index (χ1) is 13.5. The van der Waals surface area contributed by atoms with Gasteiger partial charge in [-0.2, -0.15) is 10.1 Å². The van der Waals surface area contributed by atoms with Gasteiger partial charge < -0.3 is 10.8 Å². The third-order valence-electron chi connectivity index (χ3n) is 5.19. The van der Waals surface area contributed by atoms with Crippen molar-refractivity contribution in [3.63, 3.8) is 0 Å². The fourth-order valence-electron chi connectivity index (χ4n) is 3.23. The zero-order valence-corrected chi connectivity index (χ0v) is 16.9. The summed E-state index contributed by atoms with van der Waals surface area (Å²) in [4.78, 5) is 37.4. The van der Waals surface area contributed by atoms with Crippen molar-refractivity contribution in [2.45, 2.75) is 27.7 Å². The highest BCUT2D eigenvalue weighted by Gasteiger charge is 2.30. The number of aromatic hydroxyl groups is 1. The molecule has 150 valence electrons. The lowest BCUT2D eigenvalue weighted by Gasteiger charge is -2.14. The van der Waals surface area contributed by atoms with Gasteiger partial charge in [0.1, 0.15) is 5.56 Å². The van der Waals surface area contributed by atoms with Gasteiger partial charge >= 0.3 is 0 Å². The first-order valence-corrected chi connectivity index (χ1v) is 8.96. The second kappa shape index (κ2) is 7.05. The third kappa shape index (κ3) is 3.22. The molecule has 1 aliphatic rings. The smallest absolute Gasteiger partial charge is 0.280 e. The minimum atomic E-state index is -0.866. The van der Waals surface area contributed by atoms with E-state index in [-0.39, 0.29) is 28.2 Å². The summed E-state index contributed by atoms with van der Waals surface area (Å²) in [7, 11) is 1.32. The average molecular weight is 394 g/mol. The number of primary amides is 1. The Morgan fingerprint density at radius 1 is 1.14 bits per heavy atom. The summed E-state index contributed by atoms with van der Waals surface area (Å²) in [5, 5.41) is 15.7. The van der Waals surface area contributed by atoms with Crippen LogP contribution in [-0.2, 0) is 11.8 Å². The number of pyridine rings is 1. The monoisotopic (exact) mass is 394 g/mol. The van der Waals surface area contributed by atoms with Crippen molar-refractivity contribution in [2.24, 2.45) is 17.9 Å². The van der Waals surface area contributed by atoms with Gasteiger partial charge in [0.15, 0.2) is 0 Å². The Balaban J connectivity index is 2.14. The van der Waals surface area contributed by atoms with E-state index in [1.807, 2.05) is 26.0 Å². The van der Waals surface area contributed by atoms with E-state index in [1.54, 1.807) is 13.0 Å². The number of aromatic nitrogens is 1. The van der Waals surface area contributed by atoms with Crippen molar-refractivity contribution in [1.82, 2.24) is 4.57 Å². The SMILES string of the molecule is CC1=NN(c2ccc(C)c(C)c2)C(=O)/C1=C/c1c(C)c(C(N)=O)c(O)n(C)c1=O. The van der Waals surface area contributed by atoms with Crippen LogP contribution in [0.1, 0.15) is 39.5 Å². The predicted molar refractivity (Wildman–Crippen MR) is 111 cm³/mol. The Labute approximate surface area is 167 Å². The van der Waals surface area contributed by atoms with Crippen molar-refractivity contribution in [3.05, 3.63) is 61.9 Å². The molecular weight excluding hydrogens is 372 g/mol. The van der Waals surface area contributed by atoms with Crippen LogP contribution in [0.3, 0.4) is 0 Å². The molecule has 8 nitrogen and oxygen atoms in total. The number of rotatable bonds is 3. The fraction of sp³-hybridized carbons (Fsp3) is 0.238. The molecule has 0 atom stereocenters. The number of carbonyl (C=O) groups is 2. The Kier molecular flexibility index (Phi) is 4.88. The molecular formula is C21H22N4O4. The van der Waals surface area contributed by atoms with Crippen molar-refractivity contribution in [3.8, 4) is 5.88 Å². The zero-order valence-electron chi connectivity index (χ0n) is 16.9. The molecule has 1 aromatic carbocycles. The molecule has 1 aromatic heterocycles. The number of benzene rings is 1. The molecule has 1 aliphatic heterocycles. The van der Waals surface area contributed by atoms with Crippen LogP contribution in [0, 0.1) is 20.8 Å².